The van der Waals surface area contributed by atoms with E-state index in [0.29, 0.717) is 30.2 Å². The van der Waals surface area contributed by atoms with Crippen molar-refractivity contribution in [3.8, 4) is 17.3 Å². The molecule has 3 aromatic heterocycles. The lowest BCUT2D eigenvalue weighted by molar-refractivity contribution is -0.131. The lowest BCUT2D eigenvalue weighted by atomic mass is 9.85. The van der Waals surface area contributed by atoms with Crippen LogP contribution in [0.5, 0.6) is 0 Å². The van der Waals surface area contributed by atoms with Crippen LogP contribution in [0.4, 0.5) is 26.1 Å². The number of carbonyl (C=O) groups is 1. The van der Waals surface area contributed by atoms with Gasteiger partial charge in [0.1, 0.15) is 11.6 Å². The summed E-state index contributed by atoms with van der Waals surface area (Å²) in [6.45, 7) is 8.00. The maximum absolute atomic E-state index is 15.2. The zero-order valence-electron chi connectivity index (χ0n) is 24.1. The predicted molar refractivity (Wildman–Crippen MR) is 156 cm³/mol. The number of nitrogens with one attached hydrogen (secondary N) is 1. The second-order valence-corrected chi connectivity index (χ2v) is 11.4. The quantitative estimate of drug-likeness (QED) is 0.351. The fraction of sp³-hybridized carbons (Fsp3) is 0.367. The van der Waals surface area contributed by atoms with Gasteiger partial charge in [-0.1, -0.05) is 6.92 Å². The van der Waals surface area contributed by atoms with Crippen molar-refractivity contribution in [1.82, 2.24) is 24.5 Å². The molecule has 3 atom stereocenters. The number of nitrogens with two attached hydrogens (primary N) is 1. The first-order valence-corrected chi connectivity index (χ1v) is 13.6. The van der Waals surface area contributed by atoms with Crippen molar-refractivity contribution in [3.05, 3.63) is 66.1 Å². The monoisotopic (exact) mass is 573 g/mol. The number of carbonyl (C=O) groups excluding carboxylic acids is 1. The average molecular weight is 574 g/mol. The van der Waals surface area contributed by atoms with Gasteiger partial charge >= 0.3 is 0 Å². The SMILES string of the molecule is CC(=O)N(C)C1C(C)CN(c2ccncc2Nc2ncc3ccc(-c4c(F)cc(C(C)(C)C#N)cc4F)nn23)CC1N. The molecule has 218 valence electrons. The van der Waals surface area contributed by atoms with Gasteiger partial charge in [0.05, 0.1) is 58.1 Å². The van der Waals surface area contributed by atoms with Crippen LogP contribution < -0.4 is 16.0 Å². The van der Waals surface area contributed by atoms with E-state index in [1.165, 1.54) is 29.6 Å². The van der Waals surface area contributed by atoms with E-state index in [4.69, 9.17) is 5.73 Å². The summed E-state index contributed by atoms with van der Waals surface area (Å²) in [5, 5.41) is 17.2. The number of nitrogens with zero attached hydrogens (tertiary/aromatic N) is 7. The van der Waals surface area contributed by atoms with Crippen LogP contribution >= 0.6 is 0 Å². The first-order chi connectivity index (χ1) is 19.9. The van der Waals surface area contributed by atoms with Gasteiger partial charge in [0.2, 0.25) is 11.9 Å². The highest BCUT2D eigenvalue weighted by Crippen LogP contribution is 2.34. The third-order valence-corrected chi connectivity index (χ3v) is 7.97. The van der Waals surface area contributed by atoms with Gasteiger partial charge in [-0.3, -0.25) is 9.78 Å². The number of piperidine rings is 1. The van der Waals surface area contributed by atoms with E-state index in [9.17, 15) is 10.1 Å². The molecule has 0 radical (unpaired) electrons. The summed E-state index contributed by atoms with van der Waals surface area (Å²) < 4.78 is 31.9. The minimum Gasteiger partial charge on any atom is -0.368 e. The van der Waals surface area contributed by atoms with E-state index >= 15 is 8.78 Å². The number of benzene rings is 1. The van der Waals surface area contributed by atoms with Crippen LogP contribution in [-0.4, -0.2) is 62.6 Å². The lowest BCUT2D eigenvalue weighted by Crippen LogP contribution is -2.62. The van der Waals surface area contributed by atoms with Gasteiger partial charge in [0, 0.05) is 39.3 Å². The van der Waals surface area contributed by atoms with Crippen molar-refractivity contribution in [2.24, 2.45) is 11.7 Å². The molecule has 1 fully saturated rings. The van der Waals surface area contributed by atoms with Crippen molar-refractivity contribution >= 4 is 28.7 Å². The number of halogens is 2. The van der Waals surface area contributed by atoms with E-state index < -0.39 is 17.0 Å². The standard InChI is InChI=1S/C30H33F2N9O/c1-17-14-40(15-23(34)28(17)39(5)18(2)42)26-8-9-35-13-25(26)37-29-36-12-20-6-7-24(38-41(20)29)27-21(31)10-19(11-22(27)32)30(3,4)16-33/h6-13,17,23,28H,14-15,34H2,1-5H3,(H,36,37). The molecule has 4 heterocycles. The zero-order chi connectivity index (χ0) is 30.3. The van der Waals surface area contributed by atoms with Crippen LogP contribution in [0.2, 0.25) is 0 Å². The van der Waals surface area contributed by atoms with Gasteiger partial charge in [-0.2, -0.15) is 14.9 Å². The third kappa shape index (κ3) is 5.23. The van der Waals surface area contributed by atoms with E-state index in [-0.39, 0.29) is 40.7 Å². The van der Waals surface area contributed by atoms with Crippen LogP contribution in [0.15, 0.2) is 48.9 Å². The van der Waals surface area contributed by atoms with E-state index in [2.05, 4.69) is 38.3 Å². The summed E-state index contributed by atoms with van der Waals surface area (Å²) >= 11 is 0. The minimum atomic E-state index is -1.05. The van der Waals surface area contributed by atoms with Crippen LogP contribution in [0, 0.1) is 28.9 Å². The smallest absolute Gasteiger partial charge is 0.229 e. The Labute approximate surface area is 242 Å². The summed E-state index contributed by atoms with van der Waals surface area (Å²) in [6.07, 6.45) is 4.95. The molecule has 0 spiro atoms. The van der Waals surface area contributed by atoms with E-state index in [1.807, 2.05) is 6.07 Å². The second-order valence-electron chi connectivity index (χ2n) is 11.4. The predicted octanol–water partition coefficient (Wildman–Crippen LogP) is 4.24. The maximum Gasteiger partial charge on any atom is 0.229 e. The molecule has 12 heteroatoms. The topological polar surface area (TPSA) is 128 Å². The molecule has 1 aromatic carbocycles. The molecule has 0 aliphatic carbocycles. The molecular weight excluding hydrogens is 540 g/mol. The van der Waals surface area contributed by atoms with Gasteiger partial charge in [-0.15, -0.1) is 0 Å². The summed E-state index contributed by atoms with van der Waals surface area (Å²) in [5.41, 5.74) is 7.62. The second kappa shape index (κ2) is 11.0. The number of anilines is 3. The fourth-order valence-corrected chi connectivity index (χ4v) is 5.61. The Kier molecular flexibility index (Phi) is 7.55. The highest BCUT2D eigenvalue weighted by atomic mass is 19.1. The van der Waals surface area contributed by atoms with E-state index in [1.54, 1.807) is 50.5 Å². The Morgan fingerprint density at radius 2 is 1.90 bits per heavy atom. The molecule has 10 nitrogen and oxygen atoms in total. The normalized spacial score (nSPS) is 19.0. The van der Waals surface area contributed by atoms with Crippen molar-refractivity contribution in [2.75, 3.05) is 30.4 Å². The summed E-state index contributed by atoms with van der Waals surface area (Å²) in [6, 6.07) is 9.13. The highest BCUT2D eigenvalue weighted by molar-refractivity contribution is 5.75. The number of hydrogen-bond acceptors (Lipinski definition) is 8. The number of pyridine rings is 1. The van der Waals surface area contributed by atoms with Crippen LogP contribution in [0.3, 0.4) is 0 Å². The van der Waals surface area contributed by atoms with Crippen molar-refractivity contribution in [3.63, 3.8) is 0 Å². The Morgan fingerprint density at radius 3 is 2.55 bits per heavy atom. The lowest BCUT2D eigenvalue weighted by Gasteiger charge is -2.46. The number of imidazole rings is 1. The van der Waals surface area contributed by atoms with Crippen molar-refractivity contribution in [2.45, 2.75) is 45.2 Å². The van der Waals surface area contributed by atoms with Crippen LogP contribution in [0.1, 0.15) is 33.3 Å². The molecule has 0 bridgehead atoms. The summed E-state index contributed by atoms with van der Waals surface area (Å²) in [7, 11) is 1.78. The number of nitriles is 1. The van der Waals surface area contributed by atoms with E-state index in [0.717, 1.165) is 5.69 Å². The van der Waals surface area contributed by atoms with Gasteiger partial charge < -0.3 is 20.9 Å². The average Bonchev–Trinajstić information content (AvgIpc) is 3.34. The van der Waals surface area contributed by atoms with Gasteiger partial charge in [-0.25, -0.2) is 13.8 Å². The Balaban J connectivity index is 1.46. The zero-order valence-corrected chi connectivity index (χ0v) is 24.1. The van der Waals surface area contributed by atoms with Crippen LogP contribution in [-0.2, 0) is 10.2 Å². The fourth-order valence-electron chi connectivity index (χ4n) is 5.61. The Bertz CT molecular complexity index is 1660. The van der Waals surface area contributed by atoms with Gasteiger partial charge in [0.15, 0.2) is 0 Å². The number of rotatable bonds is 6. The molecule has 1 saturated heterocycles. The molecule has 1 aliphatic heterocycles. The van der Waals surface area contributed by atoms with Crippen LogP contribution in [0.25, 0.3) is 16.8 Å². The number of hydrogen-bond donors (Lipinski definition) is 2. The number of fused-ring (bicyclic) bond motifs is 1. The molecule has 5 rings (SSSR count). The minimum absolute atomic E-state index is 0.0261. The molecule has 1 amide bonds. The number of aromatic nitrogens is 4. The first kappa shape index (κ1) is 28.9. The molecule has 42 heavy (non-hydrogen) atoms. The van der Waals surface area contributed by atoms with Gasteiger partial charge in [-0.05, 0) is 55.7 Å². The molecule has 3 unspecified atom stereocenters. The molecular formula is C30H33F2N9O. The van der Waals surface area contributed by atoms with Crippen molar-refractivity contribution in [1.29, 1.82) is 5.26 Å². The van der Waals surface area contributed by atoms with Crippen molar-refractivity contribution < 1.29 is 13.6 Å². The largest absolute Gasteiger partial charge is 0.368 e. The molecule has 3 N–H and O–H groups in total. The Hall–Kier alpha value is -4.63. The maximum atomic E-state index is 15.2. The molecule has 0 saturated carbocycles. The highest BCUT2D eigenvalue weighted by Gasteiger charge is 2.36. The molecule has 1 aliphatic rings. The third-order valence-electron chi connectivity index (χ3n) is 7.97. The van der Waals surface area contributed by atoms with Gasteiger partial charge in [0.25, 0.3) is 0 Å². The number of likely N-dealkylation sites (N-methyl/N-ethyl adjacent to an activating group) is 1. The first-order valence-electron chi connectivity index (χ1n) is 13.6. The summed E-state index contributed by atoms with van der Waals surface area (Å²) in [5.74, 6) is -1.22. The summed E-state index contributed by atoms with van der Waals surface area (Å²) in [4.78, 5) is 24.6. The number of amides is 1. The molecule has 4 aromatic rings. The Morgan fingerprint density at radius 1 is 1.19 bits per heavy atom.